The van der Waals surface area contributed by atoms with E-state index >= 15 is 0 Å². The number of benzene rings is 1. The van der Waals surface area contributed by atoms with Gasteiger partial charge in [0.15, 0.2) is 12.0 Å². The Labute approximate surface area is 142 Å². The molecular formula is C16H17BrN4O2. The maximum atomic E-state index is 12.7. The first-order valence-electron chi connectivity index (χ1n) is 7.36. The number of aliphatic hydroxyl groups is 1. The summed E-state index contributed by atoms with van der Waals surface area (Å²) in [5.41, 5.74) is 0.452. The highest BCUT2D eigenvalue weighted by atomic mass is 79.9. The Kier molecular flexibility index (Phi) is 3.90. The highest BCUT2D eigenvalue weighted by Crippen LogP contribution is 2.45. The van der Waals surface area contributed by atoms with Gasteiger partial charge in [0.05, 0.1) is 24.1 Å². The normalized spacial score (nSPS) is 25.6. The molecule has 0 fully saturated rings. The van der Waals surface area contributed by atoms with Crippen molar-refractivity contribution in [1.29, 1.82) is 5.26 Å². The molecule has 1 heterocycles. The van der Waals surface area contributed by atoms with Gasteiger partial charge < -0.3 is 10.0 Å². The summed E-state index contributed by atoms with van der Waals surface area (Å²) in [5, 5.41) is 22.4. The number of ketones is 1. The molecule has 0 saturated heterocycles. The molecule has 1 aromatic rings. The number of guanidine groups is 1. The van der Waals surface area contributed by atoms with E-state index in [4.69, 9.17) is 5.26 Å². The molecule has 0 spiro atoms. The number of halogens is 1. The SMILES string of the molecule is CC1(C)C(=O)c2ccc(Br)cc2[C@@H](N2CCN=C2NC#N)[C@@H]1O. The second kappa shape index (κ2) is 5.62. The number of aliphatic hydroxyl groups excluding tert-OH is 1. The molecule has 23 heavy (non-hydrogen) atoms. The van der Waals surface area contributed by atoms with Crippen LogP contribution in [0.3, 0.4) is 0 Å². The number of carbonyl (C=O) groups excluding carboxylic acids is 1. The van der Waals surface area contributed by atoms with Gasteiger partial charge in [0.2, 0.25) is 5.96 Å². The summed E-state index contributed by atoms with van der Waals surface area (Å²) in [6.45, 7) is 4.64. The number of hydrogen-bond donors (Lipinski definition) is 2. The number of nitrogens with one attached hydrogen (secondary N) is 1. The molecule has 2 atom stereocenters. The number of aliphatic imine (C=N–C) groups is 1. The summed E-state index contributed by atoms with van der Waals surface area (Å²) in [7, 11) is 0. The lowest BCUT2D eigenvalue weighted by Gasteiger charge is -2.44. The van der Waals surface area contributed by atoms with Gasteiger partial charge in [-0.05, 0) is 37.6 Å². The standard InChI is InChI=1S/C16H17BrN4O2/c1-16(2)13(22)10-4-3-9(17)7-11(10)12(14(16)23)21-6-5-19-15(21)20-8-18/h3-4,7,12,14,23H,5-6H2,1-2H3,(H,19,20)/t12-,14+/m1/s1. The molecule has 1 aliphatic heterocycles. The van der Waals surface area contributed by atoms with E-state index in [-0.39, 0.29) is 5.78 Å². The molecule has 0 bridgehead atoms. The first-order valence-corrected chi connectivity index (χ1v) is 8.15. The number of nitriles is 1. The minimum atomic E-state index is -0.911. The molecule has 0 aromatic heterocycles. The topological polar surface area (TPSA) is 88.7 Å². The van der Waals surface area contributed by atoms with Crippen molar-refractivity contribution in [2.75, 3.05) is 13.1 Å². The molecule has 3 rings (SSSR count). The third kappa shape index (κ3) is 2.42. The van der Waals surface area contributed by atoms with E-state index in [0.717, 1.165) is 10.0 Å². The predicted octanol–water partition coefficient (Wildman–Crippen LogP) is 1.82. The van der Waals surface area contributed by atoms with Crippen molar-refractivity contribution in [1.82, 2.24) is 10.2 Å². The number of fused-ring (bicyclic) bond motifs is 1. The van der Waals surface area contributed by atoms with Crippen LogP contribution in [0.5, 0.6) is 0 Å². The number of Topliss-reactive ketones (excluding diaryl/α,β-unsaturated/α-hetero) is 1. The monoisotopic (exact) mass is 376 g/mol. The van der Waals surface area contributed by atoms with Crippen LogP contribution in [-0.2, 0) is 0 Å². The third-order valence-corrected chi connectivity index (χ3v) is 5.07. The van der Waals surface area contributed by atoms with Crippen LogP contribution in [0.2, 0.25) is 0 Å². The predicted molar refractivity (Wildman–Crippen MR) is 88.8 cm³/mol. The van der Waals surface area contributed by atoms with Gasteiger partial charge in [0.25, 0.3) is 0 Å². The van der Waals surface area contributed by atoms with Gasteiger partial charge in [-0.25, -0.2) is 0 Å². The quantitative estimate of drug-likeness (QED) is 0.576. The maximum Gasteiger partial charge on any atom is 0.208 e. The highest BCUT2D eigenvalue weighted by Gasteiger charge is 2.50. The molecule has 0 amide bonds. The van der Waals surface area contributed by atoms with Gasteiger partial charge in [-0.15, -0.1) is 0 Å². The lowest BCUT2D eigenvalue weighted by molar-refractivity contribution is -0.00654. The van der Waals surface area contributed by atoms with E-state index in [9.17, 15) is 9.90 Å². The number of rotatable bonds is 1. The highest BCUT2D eigenvalue weighted by molar-refractivity contribution is 9.10. The summed E-state index contributed by atoms with van der Waals surface area (Å²) in [4.78, 5) is 18.9. The van der Waals surface area contributed by atoms with E-state index in [1.165, 1.54) is 0 Å². The second-order valence-electron chi connectivity index (χ2n) is 6.31. The molecule has 2 N–H and O–H groups in total. The summed E-state index contributed by atoms with van der Waals surface area (Å²) in [5.74, 6) is 0.363. The molecule has 1 aromatic carbocycles. The minimum absolute atomic E-state index is 0.0744. The van der Waals surface area contributed by atoms with Crippen LogP contribution in [0.15, 0.2) is 27.7 Å². The first kappa shape index (κ1) is 16.0. The van der Waals surface area contributed by atoms with Crippen molar-refractivity contribution in [3.8, 4) is 6.19 Å². The second-order valence-corrected chi connectivity index (χ2v) is 7.22. The Morgan fingerprint density at radius 3 is 2.96 bits per heavy atom. The van der Waals surface area contributed by atoms with Crippen molar-refractivity contribution in [2.24, 2.45) is 10.4 Å². The fourth-order valence-corrected chi connectivity index (χ4v) is 3.64. The van der Waals surface area contributed by atoms with E-state index in [1.54, 1.807) is 19.9 Å². The Bertz CT molecular complexity index is 738. The van der Waals surface area contributed by atoms with Crippen molar-refractivity contribution in [3.63, 3.8) is 0 Å². The molecular weight excluding hydrogens is 360 g/mol. The molecule has 0 unspecified atom stereocenters. The van der Waals surface area contributed by atoms with E-state index < -0.39 is 17.6 Å². The van der Waals surface area contributed by atoms with Crippen LogP contribution < -0.4 is 5.32 Å². The first-order chi connectivity index (χ1) is 10.9. The van der Waals surface area contributed by atoms with Crippen LogP contribution in [-0.4, -0.2) is 40.9 Å². The molecule has 7 heteroatoms. The largest absolute Gasteiger partial charge is 0.390 e. The molecule has 120 valence electrons. The van der Waals surface area contributed by atoms with Gasteiger partial charge >= 0.3 is 0 Å². The maximum absolute atomic E-state index is 12.7. The zero-order valence-electron chi connectivity index (χ0n) is 12.9. The van der Waals surface area contributed by atoms with E-state index in [1.807, 2.05) is 23.2 Å². The van der Waals surface area contributed by atoms with E-state index in [2.05, 4.69) is 26.2 Å². The number of hydrogen-bond acceptors (Lipinski definition) is 6. The average molecular weight is 377 g/mol. The van der Waals surface area contributed by atoms with Gasteiger partial charge in [0, 0.05) is 16.6 Å². The Hall–Kier alpha value is -1.91. The van der Waals surface area contributed by atoms with Crippen molar-refractivity contribution >= 4 is 27.7 Å². The van der Waals surface area contributed by atoms with Crippen LogP contribution in [0.25, 0.3) is 0 Å². The number of nitrogens with zero attached hydrogens (tertiary/aromatic N) is 3. The lowest BCUT2D eigenvalue weighted by Crippen LogP contribution is -2.53. The summed E-state index contributed by atoms with van der Waals surface area (Å²) >= 11 is 3.43. The van der Waals surface area contributed by atoms with Crippen LogP contribution in [0.1, 0.15) is 35.8 Å². The van der Waals surface area contributed by atoms with Crippen LogP contribution >= 0.6 is 15.9 Å². The zero-order valence-corrected chi connectivity index (χ0v) is 14.5. The van der Waals surface area contributed by atoms with Gasteiger partial charge in [-0.2, -0.15) is 5.26 Å². The summed E-state index contributed by atoms with van der Waals surface area (Å²) in [6, 6.07) is 5.04. The zero-order chi connectivity index (χ0) is 16.8. The average Bonchev–Trinajstić information content (AvgIpc) is 2.94. The summed E-state index contributed by atoms with van der Waals surface area (Å²) in [6.07, 6.45) is 0.976. The molecule has 6 nitrogen and oxygen atoms in total. The molecule has 0 saturated carbocycles. The minimum Gasteiger partial charge on any atom is -0.390 e. The van der Waals surface area contributed by atoms with Crippen molar-refractivity contribution in [2.45, 2.75) is 26.0 Å². The van der Waals surface area contributed by atoms with Crippen molar-refractivity contribution in [3.05, 3.63) is 33.8 Å². The fourth-order valence-electron chi connectivity index (χ4n) is 3.26. The third-order valence-electron chi connectivity index (χ3n) is 4.58. The van der Waals surface area contributed by atoms with Gasteiger partial charge in [0.1, 0.15) is 0 Å². The molecule has 2 aliphatic rings. The fraction of sp³-hybridized carbons (Fsp3) is 0.438. The van der Waals surface area contributed by atoms with Crippen LogP contribution in [0.4, 0.5) is 0 Å². The summed E-state index contributed by atoms with van der Waals surface area (Å²) < 4.78 is 0.840. The Morgan fingerprint density at radius 2 is 2.26 bits per heavy atom. The Morgan fingerprint density at radius 1 is 1.52 bits per heavy atom. The number of carbonyl (C=O) groups is 1. The van der Waals surface area contributed by atoms with Crippen LogP contribution in [0, 0.1) is 16.9 Å². The lowest BCUT2D eigenvalue weighted by atomic mass is 9.68. The Balaban J connectivity index is 2.14. The van der Waals surface area contributed by atoms with E-state index in [0.29, 0.717) is 24.6 Å². The van der Waals surface area contributed by atoms with Gasteiger partial charge in [-0.1, -0.05) is 15.9 Å². The molecule has 1 aliphatic carbocycles. The smallest absolute Gasteiger partial charge is 0.208 e. The van der Waals surface area contributed by atoms with Gasteiger partial charge in [-0.3, -0.25) is 15.1 Å². The molecule has 0 radical (unpaired) electrons. The van der Waals surface area contributed by atoms with Crippen molar-refractivity contribution < 1.29 is 9.90 Å².